The van der Waals surface area contributed by atoms with E-state index in [4.69, 9.17) is 4.42 Å². The highest BCUT2D eigenvalue weighted by Gasteiger charge is 2.16. The van der Waals surface area contributed by atoms with Crippen LogP contribution in [0, 0.1) is 5.82 Å². The van der Waals surface area contributed by atoms with Gasteiger partial charge in [-0.3, -0.25) is 4.79 Å². The van der Waals surface area contributed by atoms with Crippen LogP contribution in [-0.4, -0.2) is 16.0 Å². The molecule has 0 amide bonds. The van der Waals surface area contributed by atoms with Gasteiger partial charge in [-0.1, -0.05) is 79.6 Å². The predicted octanol–water partition coefficient (Wildman–Crippen LogP) is 6.95. The van der Waals surface area contributed by atoms with Crippen LogP contribution in [0.4, 0.5) is 16.1 Å². The van der Waals surface area contributed by atoms with Gasteiger partial charge in [0.15, 0.2) is 0 Å². The van der Waals surface area contributed by atoms with Crippen LogP contribution < -0.4 is 5.32 Å². The molecule has 0 aliphatic heterocycles. The van der Waals surface area contributed by atoms with Crippen molar-refractivity contribution >= 4 is 17.5 Å². The Labute approximate surface area is 192 Å². The van der Waals surface area contributed by atoms with E-state index in [0.29, 0.717) is 5.92 Å². The number of hydrogen-bond donors (Lipinski definition) is 1. The van der Waals surface area contributed by atoms with Crippen molar-refractivity contribution < 1.29 is 13.6 Å². The Balaban J connectivity index is 1.39. The van der Waals surface area contributed by atoms with Crippen LogP contribution in [0.5, 0.6) is 0 Å². The van der Waals surface area contributed by atoms with E-state index >= 15 is 0 Å². The molecule has 0 aliphatic carbocycles. The lowest BCUT2D eigenvalue weighted by Gasteiger charge is -2.13. The van der Waals surface area contributed by atoms with Crippen molar-refractivity contribution in [1.82, 2.24) is 10.2 Å². The Kier molecular flexibility index (Phi) is 6.93. The molecule has 3 aromatic carbocycles. The second-order valence-electron chi connectivity index (χ2n) is 7.95. The lowest BCUT2D eigenvalue weighted by molar-refractivity contribution is 0.0960. The summed E-state index contributed by atoms with van der Waals surface area (Å²) in [6, 6.07) is 22.7. The quantitative estimate of drug-likeness (QED) is 0.284. The summed E-state index contributed by atoms with van der Waals surface area (Å²) in [5.74, 6) is -0.269. The molecule has 0 bridgehead atoms. The third-order valence-electron chi connectivity index (χ3n) is 5.80. The third-order valence-corrected chi connectivity index (χ3v) is 5.80. The Hall–Kier alpha value is -3.80. The molecule has 0 spiro atoms. The minimum absolute atomic E-state index is 0.0318. The number of rotatable bonds is 9. The van der Waals surface area contributed by atoms with Crippen molar-refractivity contribution in [2.45, 2.75) is 39.0 Å². The zero-order chi connectivity index (χ0) is 23.2. The van der Waals surface area contributed by atoms with Crippen LogP contribution in [0.3, 0.4) is 0 Å². The van der Waals surface area contributed by atoms with Gasteiger partial charge in [0, 0.05) is 6.42 Å². The average Bonchev–Trinajstić information content (AvgIpc) is 3.31. The van der Waals surface area contributed by atoms with Gasteiger partial charge < -0.3 is 9.73 Å². The zero-order valence-corrected chi connectivity index (χ0v) is 18.7. The van der Waals surface area contributed by atoms with Gasteiger partial charge >= 0.3 is 6.01 Å². The molecule has 5 nitrogen and oxygen atoms in total. The largest absolute Gasteiger partial charge is 0.400 e. The van der Waals surface area contributed by atoms with Gasteiger partial charge in [-0.2, -0.15) is 0 Å². The van der Waals surface area contributed by atoms with Crippen LogP contribution in [0.2, 0.25) is 0 Å². The van der Waals surface area contributed by atoms with Gasteiger partial charge in [0.1, 0.15) is 5.82 Å². The van der Waals surface area contributed by atoms with E-state index in [2.05, 4.69) is 53.6 Å². The summed E-state index contributed by atoms with van der Waals surface area (Å²) in [5.41, 5.74) is 4.65. The summed E-state index contributed by atoms with van der Waals surface area (Å²) in [6.07, 6.45) is 2.41. The van der Waals surface area contributed by atoms with E-state index in [0.717, 1.165) is 29.5 Å². The number of benzene rings is 3. The number of halogens is 1. The maximum atomic E-state index is 13.8. The van der Waals surface area contributed by atoms with Crippen molar-refractivity contribution in [3.8, 4) is 11.1 Å². The number of hydrogen-bond acceptors (Lipinski definition) is 5. The first kappa shape index (κ1) is 22.4. The summed E-state index contributed by atoms with van der Waals surface area (Å²) in [7, 11) is 0. The monoisotopic (exact) mass is 443 g/mol. The van der Waals surface area contributed by atoms with Crippen molar-refractivity contribution in [3.63, 3.8) is 0 Å². The summed E-state index contributed by atoms with van der Waals surface area (Å²) >= 11 is 0. The van der Waals surface area contributed by atoms with Gasteiger partial charge in [-0.15, -0.1) is 5.10 Å². The van der Waals surface area contributed by atoms with Crippen LogP contribution in [-0.2, 0) is 6.42 Å². The molecule has 1 heterocycles. The van der Waals surface area contributed by atoms with Gasteiger partial charge in [-0.25, -0.2) is 4.39 Å². The van der Waals surface area contributed by atoms with Crippen LogP contribution in [0.25, 0.3) is 11.1 Å². The Morgan fingerprint density at radius 3 is 2.18 bits per heavy atom. The minimum Gasteiger partial charge on any atom is -0.400 e. The van der Waals surface area contributed by atoms with E-state index in [9.17, 15) is 9.18 Å². The second-order valence-corrected chi connectivity index (χ2v) is 7.95. The van der Waals surface area contributed by atoms with Crippen LogP contribution in [0.1, 0.15) is 54.4 Å². The molecule has 1 aromatic heterocycles. The van der Waals surface area contributed by atoms with Crippen molar-refractivity contribution in [1.29, 1.82) is 0 Å². The van der Waals surface area contributed by atoms with Crippen LogP contribution >= 0.6 is 0 Å². The average molecular weight is 444 g/mol. The first-order valence-corrected chi connectivity index (χ1v) is 11.1. The summed E-state index contributed by atoms with van der Waals surface area (Å²) in [4.78, 5) is 12.6. The third kappa shape index (κ3) is 5.34. The Morgan fingerprint density at radius 2 is 1.55 bits per heavy atom. The molecule has 0 aliphatic rings. The normalized spacial score (nSPS) is 11.0. The fraction of sp³-hybridized carbons (Fsp3) is 0.222. The molecular formula is C27H26FN3O2. The maximum absolute atomic E-state index is 13.8. The molecule has 6 heteroatoms. The molecule has 4 aromatic rings. The fourth-order valence-electron chi connectivity index (χ4n) is 3.85. The van der Waals surface area contributed by atoms with Gasteiger partial charge in [0.25, 0.3) is 5.89 Å². The standard InChI is InChI=1S/C27H26FN3O2/c1-3-19(4-2)20-13-15-22(16-14-20)21-11-9-18(10-12-21)17-25(32)26-30-31-27(33-26)29-24-8-6-5-7-23(24)28/h5-16,19H,3-4,17H2,1-2H3,(H,29,31). The van der Waals surface area contributed by atoms with Gasteiger partial charge in [0.2, 0.25) is 5.78 Å². The highest BCUT2D eigenvalue weighted by molar-refractivity contribution is 5.93. The molecule has 168 valence electrons. The number of nitrogens with zero attached hydrogens (tertiary/aromatic N) is 2. The smallest absolute Gasteiger partial charge is 0.320 e. The number of aromatic nitrogens is 2. The molecule has 0 fully saturated rings. The summed E-state index contributed by atoms with van der Waals surface area (Å²) in [5, 5.41) is 10.3. The number of anilines is 2. The van der Waals surface area contributed by atoms with Crippen molar-refractivity contribution in [3.05, 3.63) is 95.6 Å². The zero-order valence-electron chi connectivity index (χ0n) is 18.7. The Morgan fingerprint density at radius 1 is 0.909 bits per heavy atom. The molecule has 4 rings (SSSR count). The Bertz CT molecular complexity index is 1210. The lowest BCUT2D eigenvalue weighted by atomic mass is 9.92. The van der Waals surface area contributed by atoms with E-state index in [-0.39, 0.29) is 29.8 Å². The highest BCUT2D eigenvalue weighted by Crippen LogP contribution is 2.27. The molecule has 0 saturated heterocycles. The number of carbonyl (C=O) groups excluding carboxylic acids is 1. The van der Waals surface area contributed by atoms with Gasteiger partial charge in [-0.05, 0) is 53.1 Å². The van der Waals surface area contributed by atoms with Crippen molar-refractivity contribution in [2.75, 3.05) is 5.32 Å². The number of para-hydroxylation sites is 1. The molecule has 0 unspecified atom stereocenters. The first-order chi connectivity index (χ1) is 16.1. The van der Waals surface area contributed by atoms with E-state index in [1.165, 1.54) is 11.6 Å². The van der Waals surface area contributed by atoms with E-state index < -0.39 is 5.82 Å². The first-order valence-electron chi connectivity index (χ1n) is 11.1. The minimum atomic E-state index is -0.450. The lowest BCUT2D eigenvalue weighted by Crippen LogP contribution is -2.04. The molecule has 0 atom stereocenters. The molecular weight excluding hydrogens is 417 g/mol. The summed E-state index contributed by atoms with van der Waals surface area (Å²) in [6.45, 7) is 4.44. The summed E-state index contributed by atoms with van der Waals surface area (Å²) < 4.78 is 19.1. The molecule has 33 heavy (non-hydrogen) atoms. The fourth-order valence-corrected chi connectivity index (χ4v) is 3.85. The van der Waals surface area contributed by atoms with Crippen molar-refractivity contribution in [2.24, 2.45) is 0 Å². The molecule has 0 saturated carbocycles. The SMILES string of the molecule is CCC(CC)c1ccc(-c2ccc(CC(=O)c3nnc(Nc4ccccc4F)o3)cc2)cc1. The predicted molar refractivity (Wildman–Crippen MR) is 127 cm³/mol. The van der Waals surface area contributed by atoms with E-state index in [1.807, 2.05) is 24.3 Å². The maximum Gasteiger partial charge on any atom is 0.320 e. The number of ketones is 1. The number of Topliss-reactive ketones (excluding diaryl/α,β-unsaturated/α-hetero) is 1. The van der Waals surface area contributed by atoms with Crippen LogP contribution in [0.15, 0.2) is 77.2 Å². The second kappa shape index (κ2) is 10.2. The number of carbonyl (C=O) groups is 1. The molecule has 1 N–H and O–H groups in total. The number of nitrogens with one attached hydrogen (secondary N) is 1. The highest BCUT2D eigenvalue weighted by atomic mass is 19.1. The topological polar surface area (TPSA) is 68.0 Å². The molecule has 0 radical (unpaired) electrons. The van der Waals surface area contributed by atoms with E-state index in [1.54, 1.807) is 18.2 Å². The van der Waals surface area contributed by atoms with Gasteiger partial charge in [0.05, 0.1) is 5.69 Å².